The molecule has 5 rings (SSSR count). The molecule has 2 N–H and O–H groups in total. The van der Waals surface area contributed by atoms with Crippen LogP contribution >= 0.6 is 0 Å². The van der Waals surface area contributed by atoms with Crippen LogP contribution in [0, 0.1) is 11.2 Å². The number of para-hydroxylation sites is 1. The Morgan fingerprint density at radius 1 is 1.11 bits per heavy atom. The van der Waals surface area contributed by atoms with Gasteiger partial charge in [-0.3, -0.25) is 9.59 Å². The van der Waals surface area contributed by atoms with Crippen LogP contribution in [0.25, 0.3) is 0 Å². The number of phenolic OH excluding ortho intramolecular Hbond substituents is 1. The average Bonchev–Trinajstić information content (AvgIpc) is 2.97. The van der Waals surface area contributed by atoms with Gasteiger partial charge < -0.3 is 20.1 Å². The molecular formula is C29H27FN2O4. The number of carbonyl (C=O) groups is 2. The molecule has 7 heteroatoms. The Kier molecular flexibility index (Phi) is 6.00. The second-order valence-electron chi connectivity index (χ2n) is 10.0. The fourth-order valence-corrected chi connectivity index (χ4v) is 5.05. The van der Waals surface area contributed by atoms with Crippen molar-refractivity contribution < 1.29 is 23.8 Å². The number of rotatable bonds is 5. The first-order valence-corrected chi connectivity index (χ1v) is 11.8. The third-order valence-corrected chi connectivity index (χ3v) is 6.67. The molecular weight excluding hydrogens is 459 g/mol. The van der Waals surface area contributed by atoms with Gasteiger partial charge in [0.2, 0.25) is 6.41 Å². The van der Waals surface area contributed by atoms with Crippen molar-refractivity contribution in [3.8, 4) is 11.5 Å². The number of benzene rings is 3. The molecule has 0 saturated heterocycles. The molecule has 0 aromatic heterocycles. The minimum Gasteiger partial charge on any atom is -0.506 e. The zero-order chi connectivity index (χ0) is 25.4. The van der Waals surface area contributed by atoms with Crippen LogP contribution < -0.4 is 15.0 Å². The first-order valence-electron chi connectivity index (χ1n) is 11.8. The van der Waals surface area contributed by atoms with Crippen LogP contribution in [0.4, 0.5) is 15.8 Å². The molecule has 1 amide bonds. The summed E-state index contributed by atoms with van der Waals surface area (Å²) in [5.41, 5.74) is 2.37. The van der Waals surface area contributed by atoms with Crippen LogP contribution in [-0.2, 0) is 16.2 Å². The molecule has 1 aliphatic carbocycles. The van der Waals surface area contributed by atoms with Crippen LogP contribution in [0.15, 0.2) is 78.0 Å². The monoisotopic (exact) mass is 486 g/mol. The van der Waals surface area contributed by atoms with Crippen LogP contribution in [0.3, 0.4) is 0 Å². The Balaban J connectivity index is 1.60. The summed E-state index contributed by atoms with van der Waals surface area (Å²) in [5.74, 6) is -0.479. The van der Waals surface area contributed by atoms with E-state index in [-0.39, 0.29) is 35.5 Å². The van der Waals surface area contributed by atoms with E-state index in [0.717, 1.165) is 5.56 Å². The number of aromatic hydroxyl groups is 1. The van der Waals surface area contributed by atoms with E-state index in [0.29, 0.717) is 41.2 Å². The molecule has 1 aliphatic heterocycles. The van der Waals surface area contributed by atoms with Crippen molar-refractivity contribution in [3.05, 3.63) is 94.9 Å². The number of carbonyl (C=O) groups excluding carboxylic acids is 2. The van der Waals surface area contributed by atoms with Crippen molar-refractivity contribution in [2.24, 2.45) is 5.41 Å². The minimum atomic E-state index is -1.00. The lowest BCUT2D eigenvalue weighted by Gasteiger charge is -2.36. The van der Waals surface area contributed by atoms with E-state index in [1.54, 1.807) is 24.3 Å². The molecule has 2 aliphatic rings. The lowest BCUT2D eigenvalue weighted by atomic mass is 9.73. The quantitative estimate of drug-likeness (QED) is 0.348. The number of ketones is 1. The van der Waals surface area contributed by atoms with Crippen molar-refractivity contribution in [3.63, 3.8) is 0 Å². The first kappa shape index (κ1) is 23.6. The number of halogens is 1. The Bertz CT molecular complexity index is 1370. The van der Waals surface area contributed by atoms with Gasteiger partial charge in [0, 0.05) is 29.3 Å². The van der Waals surface area contributed by atoms with E-state index in [9.17, 15) is 14.7 Å². The first-order chi connectivity index (χ1) is 17.3. The molecule has 36 heavy (non-hydrogen) atoms. The standard InChI is InChI=1S/C29H27FN2O4/c1-29(2)14-22-26(25(35)15-29)28(32(17-33)23-9-6-10-24(34)27(23)31-22)20-12-11-19(13-21(20)30)36-16-18-7-4-3-5-8-18/h3-13,17,28,31,34H,14-16H2,1-2H3/t28-/m0/s1. The molecule has 0 fully saturated rings. The number of nitrogens with one attached hydrogen (secondary N) is 1. The number of amides is 1. The van der Waals surface area contributed by atoms with Crippen molar-refractivity contribution in [1.29, 1.82) is 0 Å². The zero-order valence-electron chi connectivity index (χ0n) is 20.1. The van der Waals surface area contributed by atoms with Gasteiger partial charge in [-0.05, 0) is 41.7 Å². The number of Topliss-reactive ketones (excluding diaryl/α,β-unsaturated/α-hetero) is 1. The molecule has 0 saturated carbocycles. The number of hydrogen-bond acceptors (Lipinski definition) is 5. The largest absolute Gasteiger partial charge is 0.506 e. The average molecular weight is 487 g/mol. The minimum absolute atomic E-state index is 0.0622. The lowest BCUT2D eigenvalue weighted by molar-refractivity contribution is -0.118. The Morgan fingerprint density at radius 2 is 1.89 bits per heavy atom. The number of hydrogen-bond donors (Lipinski definition) is 2. The molecule has 184 valence electrons. The summed E-state index contributed by atoms with van der Waals surface area (Å²) in [7, 11) is 0. The number of ether oxygens (including phenoxy) is 1. The van der Waals surface area contributed by atoms with Gasteiger partial charge in [0.15, 0.2) is 5.78 Å². The predicted molar refractivity (Wildman–Crippen MR) is 135 cm³/mol. The molecule has 3 aromatic rings. The van der Waals surface area contributed by atoms with Crippen molar-refractivity contribution in [2.75, 3.05) is 10.2 Å². The van der Waals surface area contributed by atoms with Gasteiger partial charge in [-0.15, -0.1) is 0 Å². The van der Waals surface area contributed by atoms with Crippen LogP contribution in [0.1, 0.15) is 43.9 Å². The summed E-state index contributed by atoms with van der Waals surface area (Å²) in [6.07, 6.45) is 1.34. The summed E-state index contributed by atoms with van der Waals surface area (Å²) >= 11 is 0. The van der Waals surface area contributed by atoms with Gasteiger partial charge in [-0.2, -0.15) is 0 Å². The molecule has 1 atom stereocenters. The molecule has 3 aromatic carbocycles. The number of fused-ring (bicyclic) bond motifs is 1. The van der Waals surface area contributed by atoms with E-state index < -0.39 is 11.9 Å². The Labute approximate surface area is 209 Å². The molecule has 1 heterocycles. The third-order valence-electron chi connectivity index (χ3n) is 6.67. The van der Waals surface area contributed by atoms with Gasteiger partial charge >= 0.3 is 0 Å². The fourth-order valence-electron chi connectivity index (χ4n) is 5.05. The second kappa shape index (κ2) is 9.15. The van der Waals surface area contributed by atoms with Crippen molar-refractivity contribution >= 4 is 23.6 Å². The maximum absolute atomic E-state index is 15.7. The van der Waals surface area contributed by atoms with E-state index in [1.807, 2.05) is 44.2 Å². The van der Waals surface area contributed by atoms with Gasteiger partial charge in [0.1, 0.15) is 29.6 Å². The molecule has 0 spiro atoms. The topological polar surface area (TPSA) is 78.9 Å². The van der Waals surface area contributed by atoms with Crippen molar-refractivity contribution in [1.82, 2.24) is 0 Å². The van der Waals surface area contributed by atoms with Crippen molar-refractivity contribution in [2.45, 2.75) is 39.3 Å². The highest BCUT2D eigenvalue weighted by atomic mass is 19.1. The lowest BCUT2D eigenvalue weighted by Crippen LogP contribution is -2.36. The SMILES string of the molecule is CC1(C)CC(=O)C2=C(C1)Nc1c(O)cccc1N(C=O)[C@H]2c1ccc(OCc2ccccc2)cc1F. The molecule has 0 bridgehead atoms. The highest BCUT2D eigenvalue weighted by Crippen LogP contribution is 2.50. The van der Waals surface area contributed by atoms with Crippen LogP contribution in [0.5, 0.6) is 11.5 Å². The van der Waals surface area contributed by atoms with Crippen LogP contribution in [-0.4, -0.2) is 17.3 Å². The zero-order valence-corrected chi connectivity index (χ0v) is 20.1. The summed E-state index contributed by atoms with van der Waals surface area (Å²) < 4.78 is 21.4. The van der Waals surface area contributed by atoms with Gasteiger partial charge in [-0.1, -0.05) is 50.2 Å². The Hall–Kier alpha value is -4.13. The van der Waals surface area contributed by atoms with E-state index >= 15 is 4.39 Å². The summed E-state index contributed by atoms with van der Waals surface area (Å²) in [6.45, 7) is 4.25. The van der Waals surface area contributed by atoms with Gasteiger partial charge in [0.25, 0.3) is 0 Å². The molecule has 0 radical (unpaired) electrons. The van der Waals surface area contributed by atoms with E-state index in [2.05, 4.69) is 5.32 Å². The van der Waals surface area contributed by atoms with E-state index in [1.165, 1.54) is 17.0 Å². The number of anilines is 2. The summed E-state index contributed by atoms with van der Waals surface area (Å²) in [6, 6.07) is 17.8. The summed E-state index contributed by atoms with van der Waals surface area (Å²) in [5, 5.41) is 13.8. The highest BCUT2D eigenvalue weighted by molar-refractivity contribution is 6.03. The molecule has 6 nitrogen and oxygen atoms in total. The van der Waals surface area contributed by atoms with Crippen LogP contribution in [0.2, 0.25) is 0 Å². The molecule has 0 unspecified atom stereocenters. The predicted octanol–water partition coefficient (Wildman–Crippen LogP) is 5.88. The van der Waals surface area contributed by atoms with E-state index in [4.69, 9.17) is 4.74 Å². The maximum atomic E-state index is 15.7. The summed E-state index contributed by atoms with van der Waals surface area (Å²) in [4.78, 5) is 27.2. The van der Waals surface area contributed by atoms with Gasteiger partial charge in [-0.25, -0.2) is 4.39 Å². The highest BCUT2D eigenvalue weighted by Gasteiger charge is 2.42. The second-order valence-corrected chi connectivity index (χ2v) is 10.0. The number of allylic oxidation sites excluding steroid dienone is 1. The maximum Gasteiger partial charge on any atom is 0.215 e. The van der Waals surface area contributed by atoms with Gasteiger partial charge in [0.05, 0.1) is 11.7 Å². The number of nitrogens with zero attached hydrogens (tertiary/aromatic N) is 1. The Morgan fingerprint density at radius 3 is 2.61 bits per heavy atom. The number of phenols is 1. The third kappa shape index (κ3) is 4.33. The smallest absolute Gasteiger partial charge is 0.215 e. The normalized spacial score (nSPS) is 18.6. The fraction of sp³-hybridized carbons (Fsp3) is 0.241.